The molecule has 0 radical (unpaired) electrons. The van der Waals surface area contributed by atoms with Gasteiger partial charge in [-0.3, -0.25) is 4.68 Å². The van der Waals surface area contributed by atoms with Gasteiger partial charge >= 0.3 is 0 Å². The maximum absolute atomic E-state index is 4.54. The number of benzene rings is 1. The molecule has 3 nitrogen and oxygen atoms in total. The van der Waals surface area contributed by atoms with E-state index < -0.39 is 0 Å². The predicted octanol–water partition coefficient (Wildman–Crippen LogP) is 2.90. The Labute approximate surface area is 127 Å². The highest BCUT2D eigenvalue weighted by atomic mass is 15.3. The van der Waals surface area contributed by atoms with Crippen molar-refractivity contribution in [3.8, 4) is 0 Å². The first-order valence-corrected chi connectivity index (χ1v) is 7.84. The van der Waals surface area contributed by atoms with E-state index in [-0.39, 0.29) is 0 Å². The highest BCUT2D eigenvalue weighted by molar-refractivity contribution is 5.40. The first kappa shape index (κ1) is 14.3. The van der Waals surface area contributed by atoms with E-state index in [9.17, 15) is 0 Å². The van der Waals surface area contributed by atoms with Crippen LogP contribution in [-0.4, -0.2) is 22.9 Å². The van der Waals surface area contributed by atoms with E-state index >= 15 is 0 Å². The van der Waals surface area contributed by atoms with Crippen LogP contribution in [0.4, 0.5) is 0 Å². The van der Waals surface area contributed by atoms with Gasteiger partial charge in [0.15, 0.2) is 0 Å². The second kappa shape index (κ2) is 5.64. The first-order valence-electron chi connectivity index (χ1n) is 7.84. The van der Waals surface area contributed by atoms with Gasteiger partial charge in [-0.2, -0.15) is 5.10 Å². The maximum atomic E-state index is 4.54. The molecule has 1 N–H and O–H groups in total. The molecule has 3 rings (SSSR count). The molecule has 2 unspecified atom stereocenters. The van der Waals surface area contributed by atoms with Crippen molar-refractivity contribution in [1.29, 1.82) is 0 Å². The van der Waals surface area contributed by atoms with Gasteiger partial charge in [-0.05, 0) is 62.8 Å². The molecule has 0 fully saturated rings. The van der Waals surface area contributed by atoms with Crippen molar-refractivity contribution >= 4 is 0 Å². The van der Waals surface area contributed by atoms with Crippen LogP contribution in [0.1, 0.15) is 40.4 Å². The molecule has 0 saturated carbocycles. The fraction of sp³-hybridized carbons (Fsp3) is 0.500. The molecular formula is C18H25N3. The van der Waals surface area contributed by atoms with E-state index in [4.69, 9.17) is 0 Å². The Bertz CT molecular complexity index is 642. The number of nitrogens with one attached hydrogen (secondary N) is 1. The van der Waals surface area contributed by atoms with Crippen LogP contribution in [-0.2, 0) is 19.9 Å². The second-order valence-corrected chi connectivity index (χ2v) is 6.30. The Morgan fingerprint density at radius 2 is 2.10 bits per heavy atom. The summed E-state index contributed by atoms with van der Waals surface area (Å²) in [5.74, 6) is 0.718. The quantitative estimate of drug-likeness (QED) is 0.914. The van der Waals surface area contributed by atoms with Crippen LogP contribution < -0.4 is 5.32 Å². The predicted molar refractivity (Wildman–Crippen MR) is 86.7 cm³/mol. The van der Waals surface area contributed by atoms with Crippen molar-refractivity contribution in [2.45, 2.75) is 45.1 Å². The summed E-state index contributed by atoms with van der Waals surface area (Å²) in [7, 11) is 4.11. The van der Waals surface area contributed by atoms with Crippen molar-refractivity contribution in [2.24, 2.45) is 7.05 Å². The molecule has 2 atom stereocenters. The van der Waals surface area contributed by atoms with E-state index in [1.807, 2.05) is 11.7 Å². The normalized spacial score (nSPS) is 18.2. The van der Waals surface area contributed by atoms with Crippen LogP contribution in [0.3, 0.4) is 0 Å². The standard InChI is InChI=1S/C18H25N3/c1-12-18(13(2)21(4)20-12)11-16(19-3)10-15-9-14-7-5-6-8-17(14)15/h5-8,15-16,19H,9-11H2,1-4H3. The summed E-state index contributed by atoms with van der Waals surface area (Å²) in [5.41, 5.74) is 6.96. The fourth-order valence-corrected chi connectivity index (χ4v) is 3.58. The monoisotopic (exact) mass is 283 g/mol. The number of likely N-dealkylation sites (N-methyl/N-ethyl adjacent to an activating group) is 1. The summed E-state index contributed by atoms with van der Waals surface area (Å²) in [6.45, 7) is 4.29. The molecule has 0 bridgehead atoms. The van der Waals surface area contributed by atoms with Gasteiger partial charge in [-0.15, -0.1) is 0 Å². The number of hydrogen-bond acceptors (Lipinski definition) is 2. The van der Waals surface area contributed by atoms with Crippen LogP contribution >= 0.6 is 0 Å². The smallest absolute Gasteiger partial charge is 0.0628 e. The van der Waals surface area contributed by atoms with Crippen molar-refractivity contribution in [1.82, 2.24) is 15.1 Å². The summed E-state index contributed by atoms with van der Waals surface area (Å²) in [6, 6.07) is 9.37. The Morgan fingerprint density at radius 1 is 1.33 bits per heavy atom. The number of aryl methyl sites for hydroxylation is 2. The third-order valence-corrected chi connectivity index (χ3v) is 5.05. The molecule has 1 aliphatic carbocycles. The van der Waals surface area contributed by atoms with Gasteiger partial charge < -0.3 is 5.32 Å². The van der Waals surface area contributed by atoms with Crippen molar-refractivity contribution < 1.29 is 0 Å². The molecule has 112 valence electrons. The third kappa shape index (κ3) is 2.62. The molecule has 0 aliphatic heterocycles. The van der Waals surface area contributed by atoms with Gasteiger partial charge in [0.2, 0.25) is 0 Å². The first-order chi connectivity index (χ1) is 10.1. The second-order valence-electron chi connectivity index (χ2n) is 6.30. The average Bonchev–Trinajstić information content (AvgIpc) is 2.69. The third-order valence-electron chi connectivity index (χ3n) is 5.05. The van der Waals surface area contributed by atoms with E-state index in [1.165, 1.54) is 35.4 Å². The lowest BCUT2D eigenvalue weighted by Crippen LogP contribution is -2.32. The number of aromatic nitrogens is 2. The summed E-state index contributed by atoms with van der Waals surface area (Å²) in [5, 5.41) is 8.04. The molecule has 1 aliphatic rings. The number of fused-ring (bicyclic) bond motifs is 1. The van der Waals surface area contributed by atoms with Crippen molar-refractivity contribution in [2.75, 3.05) is 7.05 Å². The van der Waals surface area contributed by atoms with Gasteiger partial charge in [-0.1, -0.05) is 24.3 Å². The summed E-state index contributed by atoms with van der Waals surface area (Å²) in [4.78, 5) is 0. The largest absolute Gasteiger partial charge is 0.317 e. The Hall–Kier alpha value is -1.61. The highest BCUT2D eigenvalue weighted by Gasteiger charge is 2.28. The summed E-state index contributed by atoms with van der Waals surface area (Å²) >= 11 is 0. The zero-order valence-electron chi connectivity index (χ0n) is 13.5. The van der Waals surface area contributed by atoms with Gasteiger partial charge in [-0.25, -0.2) is 0 Å². The lowest BCUT2D eigenvalue weighted by atomic mass is 9.74. The molecule has 21 heavy (non-hydrogen) atoms. The molecule has 0 saturated heterocycles. The fourth-order valence-electron chi connectivity index (χ4n) is 3.58. The molecular weight excluding hydrogens is 258 g/mol. The molecule has 1 heterocycles. The minimum atomic E-state index is 0.518. The van der Waals surface area contributed by atoms with E-state index in [0.717, 1.165) is 12.3 Å². The zero-order valence-corrected chi connectivity index (χ0v) is 13.5. The van der Waals surface area contributed by atoms with Crippen molar-refractivity contribution in [3.05, 3.63) is 52.3 Å². The average molecular weight is 283 g/mol. The lowest BCUT2D eigenvalue weighted by molar-refractivity contribution is 0.437. The maximum Gasteiger partial charge on any atom is 0.0628 e. The minimum absolute atomic E-state index is 0.518. The molecule has 1 aromatic heterocycles. The zero-order chi connectivity index (χ0) is 15.0. The molecule has 0 spiro atoms. The number of nitrogens with zero attached hydrogens (tertiary/aromatic N) is 2. The van der Waals surface area contributed by atoms with E-state index in [0.29, 0.717) is 6.04 Å². The molecule has 0 amide bonds. The van der Waals surface area contributed by atoms with Gasteiger partial charge in [0.1, 0.15) is 0 Å². The van der Waals surface area contributed by atoms with Crippen LogP contribution in [0, 0.1) is 13.8 Å². The van der Waals surface area contributed by atoms with E-state index in [1.54, 1.807) is 5.56 Å². The molecule has 3 heteroatoms. The van der Waals surface area contributed by atoms with Crippen LogP contribution in [0.15, 0.2) is 24.3 Å². The van der Waals surface area contributed by atoms with Gasteiger partial charge in [0.25, 0.3) is 0 Å². The van der Waals surface area contributed by atoms with Gasteiger partial charge in [0, 0.05) is 18.8 Å². The Morgan fingerprint density at radius 3 is 2.71 bits per heavy atom. The molecule has 2 aromatic rings. The summed E-state index contributed by atoms with van der Waals surface area (Å²) < 4.78 is 2.00. The topological polar surface area (TPSA) is 29.9 Å². The SMILES string of the molecule is CNC(Cc1c(C)nn(C)c1C)CC1Cc2ccccc21. The highest BCUT2D eigenvalue weighted by Crippen LogP contribution is 2.38. The number of rotatable bonds is 5. The minimum Gasteiger partial charge on any atom is -0.317 e. The Kier molecular flexibility index (Phi) is 3.85. The van der Waals surface area contributed by atoms with Crippen LogP contribution in [0.25, 0.3) is 0 Å². The Balaban J connectivity index is 1.70. The lowest BCUT2D eigenvalue weighted by Gasteiger charge is -2.33. The number of hydrogen-bond donors (Lipinski definition) is 1. The van der Waals surface area contributed by atoms with Crippen LogP contribution in [0.5, 0.6) is 0 Å². The molecule has 1 aromatic carbocycles. The summed E-state index contributed by atoms with van der Waals surface area (Å²) in [6.07, 6.45) is 3.52. The van der Waals surface area contributed by atoms with E-state index in [2.05, 4.69) is 55.6 Å². The van der Waals surface area contributed by atoms with Gasteiger partial charge in [0.05, 0.1) is 5.69 Å². The van der Waals surface area contributed by atoms with Crippen LogP contribution in [0.2, 0.25) is 0 Å². The van der Waals surface area contributed by atoms with Crippen molar-refractivity contribution in [3.63, 3.8) is 0 Å².